The highest BCUT2D eigenvalue weighted by molar-refractivity contribution is 7.08. The van der Waals surface area contributed by atoms with E-state index in [1.54, 1.807) is 16.8 Å². The summed E-state index contributed by atoms with van der Waals surface area (Å²) in [6, 6.07) is 5.46. The van der Waals surface area contributed by atoms with Crippen LogP contribution < -0.4 is 5.32 Å². The van der Waals surface area contributed by atoms with Crippen LogP contribution in [-0.2, 0) is 9.53 Å². The van der Waals surface area contributed by atoms with Crippen LogP contribution in [0.3, 0.4) is 0 Å². The van der Waals surface area contributed by atoms with E-state index in [0.717, 1.165) is 6.07 Å². The van der Waals surface area contributed by atoms with Gasteiger partial charge in [-0.15, -0.1) is 0 Å². The molecule has 0 bridgehead atoms. The van der Waals surface area contributed by atoms with Gasteiger partial charge in [0.15, 0.2) is 6.10 Å². The van der Waals surface area contributed by atoms with E-state index < -0.39 is 23.8 Å². The first kappa shape index (κ1) is 15.5. The SMILES string of the molecule is C[C@@H](OC(=O)c1ccsc1)C(=O)Nc1ccc(Cl)cc1F. The molecule has 1 amide bonds. The molecule has 0 fully saturated rings. The molecule has 0 aliphatic heterocycles. The van der Waals surface area contributed by atoms with Gasteiger partial charge in [0.05, 0.1) is 11.3 Å². The maximum atomic E-state index is 13.6. The van der Waals surface area contributed by atoms with Crippen LogP contribution in [0.1, 0.15) is 17.3 Å². The van der Waals surface area contributed by atoms with Crippen molar-refractivity contribution >= 4 is 40.5 Å². The first-order chi connectivity index (χ1) is 9.97. The van der Waals surface area contributed by atoms with Crippen LogP contribution in [0.15, 0.2) is 35.0 Å². The van der Waals surface area contributed by atoms with Crippen molar-refractivity contribution < 1.29 is 18.7 Å². The Morgan fingerprint density at radius 3 is 2.76 bits per heavy atom. The summed E-state index contributed by atoms with van der Waals surface area (Å²) in [5.41, 5.74) is 0.347. The maximum absolute atomic E-state index is 13.6. The molecule has 0 aliphatic carbocycles. The van der Waals surface area contributed by atoms with Crippen LogP contribution in [0, 0.1) is 5.82 Å². The third-order valence-corrected chi connectivity index (χ3v) is 3.52. The molecule has 0 saturated carbocycles. The molecule has 1 atom stereocenters. The molecule has 1 N–H and O–H groups in total. The van der Waals surface area contributed by atoms with E-state index in [1.165, 1.54) is 30.4 Å². The first-order valence-corrected chi connectivity index (χ1v) is 7.28. The lowest BCUT2D eigenvalue weighted by molar-refractivity contribution is -0.123. The van der Waals surface area contributed by atoms with Gasteiger partial charge in [0, 0.05) is 10.4 Å². The van der Waals surface area contributed by atoms with Crippen LogP contribution in [0.5, 0.6) is 0 Å². The highest BCUT2D eigenvalue weighted by Crippen LogP contribution is 2.19. The predicted octanol–water partition coefficient (Wildman–Crippen LogP) is 3.72. The zero-order chi connectivity index (χ0) is 15.4. The molecule has 2 rings (SSSR count). The number of anilines is 1. The van der Waals surface area contributed by atoms with Gasteiger partial charge in [-0.3, -0.25) is 4.79 Å². The molecule has 0 radical (unpaired) electrons. The standard InChI is InChI=1S/C14H11ClFNO3S/c1-8(20-14(19)9-4-5-21-7-9)13(18)17-12-3-2-10(15)6-11(12)16/h2-8H,1H3,(H,17,18)/t8-/m1/s1. The summed E-state index contributed by atoms with van der Waals surface area (Å²) in [6.07, 6.45) is -1.05. The fourth-order valence-corrected chi connectivity index (χ4v) is 2.27. The monoisotopic (exact) mass is 327 g/mol. The highest BCUT2D eigenvalue weighted by atomic mass is 35.5. The number of ether oxygens (including phenoxy) is 1. The van der Waals surface area contributed by atoms with E-state index in [4.69, 9.17) is 16.3 Å². The Morgan fingerprint density at radius 1 is 1.38 bits per heavy atom. The lowest BCUT2D eigenvalue weighted by atomic mass is 10.2. The van der Waals surface area contributed by atoms with Gasteiger partial charge in [-0.05, 0) is 36.6 Å². The molecule has 7 heteroatoms. The zero-order valence-electron chi connectivity index (χ0n) is 10.9. The van der Waals surface area contributed by atoms with Crippen molar-refractivity contribution in [2.75, 3.05) is 5.32 Å². The molecule has 0 saturated heterocycles. The molecular weight excluding hydrogens is 317 g/mol. The lowest BCUT2D eigenvalue weighted by Gasteiger charge is -2.13. The number of carbonyl (C=O) groups excluding carboxylic acids is 2. The fourth-order valence-electron chi connectivity index (χ4n) is 1.49. The number of esters is 1. The minimum atomic E-state index is -1.05. The molecule has 1 aromatic heterocycles. The molecule has 4 nitrogen and oxygen atoms in total. The summed E-state index contributed by atoms with van der Waals surface area (Å²) < 4.78 is 18.6. The van der Waals surface area contributed by atoms with Crippen LogP contribution in [-0.4, -0.2) is 18.0 Å². The second-order valence-corrected chi connectivity index (χ2v) is 5.39. The van der Waals surface area contributed by atoms with Crippen molar-refractivity contribution in [2.45, 2.75) is 13.0 Å². The predicted molar refractivity (Wildman–Crippen MR) is 79.2 cm³/mol. The molecule has 2 aromatic rings. The number of nitrogens with one attached hydrogen (secondary N) is 1. The Labute approximate surface area is 129 Å². The van der Waals surface area contributed by atoms with Crippen molar-refractivity contribution in [3.05, 3.63) is 51.4 Å². The van der Waals surface area contributed by atoms with Crippen LogP contribution in [0.25, 0.3) is 0 Å². The fraction of sp³-hybridized carbons (Fsp3) is 0.143. The average molecular weight is 328 g/mol. The Hall–Kier alpha value is -1.92. The first-order valence-electron chi connectivity index (χ1n) is 5.96. The van der Waals surface area contributed by atoms with E-state index in [0.29, 0.717) is 5.56 Å². The van der Waals surface area contributed by atoms with Crippen molar-refractivity contribution in [3.8, 4) is 0 Å². The number of carbonyl (C=O) groups is 2. The lowest BCUT2D eigenvalue weighted by Crippen LogP contribution is -2.30. The number of hydrogen-bond donors (Lipinski definition) is 1. The van der Waals surface area contributed by atoms with Gasteiger partial charge in [0.25, 0.3) is 5.91 Å². The smallest absolute Gasteiger partial charge is 0.339 e. The summed E-state index contributed by atoms with van der Waals surface area (Å²) in [4.78, 5) is 23.6. The van der Waals surface area contributed by atoms with Crippen molar-refractivity contribution in [1.29, 1.82) is 0 Å². The van der Waals surface area contributed by atoms with Crippen LogP contribution in [0.4, 0.5) is 10.1 Å². The summed E-state index contributed by atoms with van der Waals surface area (Å²) in [5, 5.41) is 5.91. The third kappa shape index (κ3) is 4.03. The Bertz CT molecular complexity index is 660. The largest absolute Gasteiger partial charge is 0.449 e. The van der Waals surface area contributed by atoms with E-state index in [1.807, 2.05) is 0 Å². The highest BCUT2D eigenvalue weighted by Gasteiger charge is 2.20. The van der Waals surface area contributed by atoms with Crippen molar-refractivity contribution in [1.82, 2.24) is 0 Å². The number of benzene rings is 1. The maximum Gasteiger partial charge on any atom is 0.339 e. The quantitative estimate of drug-likeness (QED) is 0.871. The van der Waals surface area contributed by atoms with Gasteiger partial charge < -0.3 is 10.1 Å². The van der Waals surface area contributed by atoms with Crippen LogP contribution in [0.2, 0.25) is 5.02 Å². The summed E-state index contributed by atoms with van der Waals surface area (Å²) in [6.45, 7) is 1.41. The molecule has 1 aromatic carbocycles. The van der Waals surface area contributed by atoms with E-state index in [2.05, 4.69) is 5.32 Å². The number of amides is 1. The molecule has 0 aliphatic rings. The van der Waals surface area contributed by atoms with Gasteiger partial charge >= 0.3 is 5.97 Å². The minimum absolute atomic E-state index is 0.0252. The van der Waals surface area contributed by atoms with E-state index in [-0.39, 0.29) is 10.7 Å². The van der Waals surface area contributed by atoms with E-state index >= 15 is 0 Å². The Morgan fingerprint density at radius 2 is 2.14 bits per heavy atom. The third-order valence-electron chi connectivity index (χ3n) is 2.60. The normalized spacial score (nSPS) is 11.8. The van der Waals surface area contributed by atoms with Crippen molar-refractivity contribution in [2.24, 2.45) is 0 Å². The second kappa shape index (κ2) is 6.69. The van der Waals surface area contributed by atoms with Gasteiger partial charge in [-0.25, -0.2) is 9.18 Å². The molecule has 21 heavy (non-hydrogen) atoms. The van der Waals surface area contributed by atoms with Crippen molar-refractivity contribution in [3.63, 3.8) is 0 Å². The molecule has 110 valence electrons. The zero-order valence-corrected chi connectivity index (χ0v) is 12.5. The topological polar surface area (TPSA) is 55.4 Å². The summed E-state index contributed by atoms with van der Waals surface area (Å²) in [5.74, 6) is -1.89. The number of thiophene rings is 1. The number of hydrogen-bond acceptors (Lipinski definition) is 4. The number of halogens is 2. The molecule has 0 spiro atoms. The number of rotatable bonds is 4. The Kier molecular flexibility index (Phi) is 4.93. The molecular formula is C14H11ClFNO3S. The summed E-state index contributed by atoms with van der Waals surface area (Å²) in [7, 11) is 0. The van der Waals surface area contributed by atoms with E-state index in [9.17, 15) is 14.0 Å². The van der Waals surface area contributed by atoms with Gasteiger partial charge in [-0.1, -0.05) is 11.6 Å². The van der Waals surface area contributed by atoms with Gasteiger partial charge in [0.2, 0.25) is 0 Å². The summed E-state index contributed by atoms with van der Waals surface area (Å²) >= 11 is 6.97. The van der Waals surface area contributed by atoms with Gasteiger partial charge in [-0.2, -0.15) is 11.3 Å². The minimum Gasteiger partial charge on any atom is -0.449 e. The molecule has 0 unspecified atom stereocenters. The van der Waals surface area contributed by atoms with Gasteiger partial charge in [0.1, 0.15) is 5.82 Å². The molecule has 1 heterocycles. The van der Waals surface area contributed by atoms with Crippen LogP contribution >= 0.6 is 22.9 Å². The average Bonchev–Trinajstić information content (AvgIpc) is 2.95. The second-order valence-electron chi connectivity index (χ2n) is 4.17. The Balaban J connectivity index is 1.98.